The van der Waals surface area contributed by atoms with Gasteiger partial charge < -0.3 is 19.4 Å². The van der Waals surface area contributed by atoms with Crippen LogP contribution in [0.25, 0.3) is 0 Å². The molecule has 1 N–H and O–H groups in total. The van der Waals surface area contributed by atoms with Crippen LogP contribution in [0, 0.1) is 5.82 Å². The highest BCUT2D eigenvalue weighted by Gasteiger charge is 2.53. The normalized spacial score (nSPS) is 18.5. The van der Waals surface area contributed by atoms with Gasteiger partial charge >= 0.3 is 13.2 Å². The summed E-state index contributed by atoms with van der Waals surface area (Å²) in [6.45, 7) is 13.3. The minimum atomic E-state index is -0.870. The maximum absolute atomic E-state index is 14.8. The molecular formula is C19H28BClFNO4. The monoisotopic (exact) mass is 399 g/mol. The van der Waals surface area contributed by atoms with Crippen molar-refractivity contribution in [3.63, 3.8) is 0 Å². The molecule has 2 rings (SSSR count). The van der Waals surface area contributed by atoms with Gasteiger partial charge in [-0.05, 0) is 66.5 Å². The second-order valence-electron chi connectivity index (χ2n) is 8.70. The van der Waals surface area contributed by atoms with Crippen molar-refractivity contribution in [1.82, 2.24) is 5.32 Å². The zero-order valence-electron chi connectivity index (χ0n) is 17.0. The van der Waals surface area contributed by atoms with Crippen molar-refractivity contribution in [3.8, 4) is 0 Å². The van der Waals surface area contributed by atoms with Crippen LogP contribution in [0.15, 0.2) is 12.1 Å². The van der Waals surface area contributed by atoms with Crippen LogP contribution in [-0.2, 0) is 20.5 Å². The minimum Gasteiger partial charge on any atom is -0.444 e. The molecule has 1 heterocycles. The number of ether oxygens (including phenoxy) is 1. The van der Waals surface area contributed by atoms with Gasteiger partial charge in [0.15, 0.2) is 0 Å². The molecule has 1 aromatic rings. The van der Waals surface area contributed by atoms with E-state index in [1.165, 1.54) is 6.07 Å². The third-order valence-electron chi connectivity index (χ3n) is 4.77. The number of alkyl carbamates (subject to hydrolysis) is 1. The molecule has 1 aliphatic heterocycles. The van der Waals surface area contributed by atoms with Gasteiger partial charge in [0.25, 0.3) is 0 Å². The van der Waals surface area contributed by atoms with Crippen LogP contribution in [0.3, 0.4) is 0 Å². The molecule has 1 aromatic carbocycles. The summed E-state index contributed by atoms with van der Waals surface area (Å²) in [5, 5.41) is 2.68. The Morgan fingerprint density at radius 3 is 2.30 bits per heavy atom. The van der Waals surface area contributed by atoms with Gasteiger partial charge in [0, 0.05) is 12.0 Å². The predicted octanol–water partition coefficient (Wildman–Crippen LogP) is 3.85. The van der Waals surface area contributed by atoms with E-state index in [1.807, 2.05) is 27.7 Å². The van der Waals surface area contributed by atoms with Crippen molar-refractivity contribution >= 4 is 30.3 Å². The molecule has 0 bridgehead atoms. The standard InChI is InChI=1S/C19H28BClFNO4/c1-17(2,3)25-16(24)23-11-10-12-8-9-13(21)15(22)14(12)20-26-18(4,5)19(6,7)27-20/h8-9H,10-11H2,1-7H3,(H,23,24). The van der Waals surface area contributed by atoms with Gasteiger partial charge in [-0.3, -0.25) is 0 Å². The van der Waals surface area contributed by atoms with E-state index in [2.05, 4.69) is 5.32 Å². The zero-order chi connectivity index (χ0) is 20.6. The van der Waals surface area contributed by atoms with Gasteiger partial charge in [0.05, 0.1) is 16.2 Å². The number of benzene rings is 1. The average Bonchev–Trinajstić information content (AvgIpc) is 2.69. The van der Waals surface area contributed by atoms with Crippen LogP contribution < -0.4 is 10.8 Å². The van der Waals surface area contributed by atoms with Crippen LogP contribution in [0.2, 0.25) is 5.02 Å². The molecule has 8 heteroatoms. The molecule has 0 saturated carbocycles. The Morgan fingerprint density at radius 2 is 1.78 bits per heavy atom. The van der Waals surface area contributed by atoms with Crippen molar-refractivity contribution in [3.05, 3.63) is 28.5 Å². The van der Waals surface area contributed by atoms with Crippen molar-refractivity contribution in [2.45, 2.75) is 71.7 Å². The number of hydrogen-bond acceptors (Lipinski definition) is 4. The first-order valence-electron chi connectivity index (χ1n) is 9.03. The molecule has 1 aliphatic rings. The molecule has 150 valence electrons. The van der Waals surface area contributed by atoms with Crippen molar-refractivity contribution in [2.24, 2.45) is 0 Å². The smallest absolute Gasteiger partial charge is 0.444 e. The Balaban J connectivity index is 2.17. The third kappa shape index (κ3) is 5.15. The molecule has 1 amide bonds. The first-order valence-corrected chi connectivity index (χ1v) is 9.40. The second kappa shape index (κ2) is 7.61. The maximum atomic E-state index is 14.8. The highest BCUT2D eigenvalue weighted by Crippen LogP contribution is 2.37. The summed E-state index contributed by atoms with van der Waals surface area (Å²) in [6.07, 6.45) is -0.138. The fourth-order valence-electron chi connectivity index (χ4n) is 2.65. The number of rotatable bonds is 4. The summed E-state index contributed by atoms with van der Waals surface area (Å²) in [4.78, 5) is 11.8. The first kappa shape index (κ1) is 22.0. The van der Waals surface area contributed by atoms with E-state index in [9.17, 15) is 9.18 Å². The van der Waals surface area contributed by atoms with Crippen LogP contribution in [0.1, 0.15) is 54.0 Å². The lowest BCUT2D eigenvalue weighted by molar-refractivity contribution is 0.00578. The molecule has 0 aromatic heterocycles. The summed E-state index contributed by atoms with van der Waals surface area (Å²) in [6, 6.07) is 3.22. The van der Waals surface area contributed by atoms with Crippen LogP contribution >= 0.6 is 11.6 Å². The van der Waals surface area contributed by atoms with Crippen LogP contribution in [0.5, 0.6) is 0 Å². The van der Waals surface area contributed by atoms with Gasteiger partial charge in [-0.2, -0.15) is 0 Å². The van der Waals surface area contributed by atoms with Gasteiger partial charge in [-0.25, -0.2) is 9.18 Å². The average molecular weight is 400 g/mol. The Morgan fingerprint density at radius 1 is 1.22 bits per heavy atom. The zero-order valence-corrected chi connectivity index (χ0v) is 17.8. The number of amides is 1. The highest BCUT2D eigenvalue weighted by molar-refractivity contribution is 6.63. The summed E-state index contributed by atoms with van der Waals surface area (Å²) in [5.74, 6) is -0.565. The molecule has 0 atom stereocenters. The fraction of sp³-hybridized carbons (Fsp3) is 0.632. The van der Waals surface area contributed by atoms with E-state index in [-0.39, 0.29) is 17.0 Å². The SMILES string of the molecule is CC(C)(C)OC(=O)NCCc1ccc(Cl)c(F)c1B1OC(C)(C)C(C)(C)O1. The lowest BCUT2D eigenvalue weighted by Crippen LogP contribution is -2.41. The Labute approximate surface area is 166 Å². The summed E-state index contributed by atoms with van der Waals surface area (Å²) in [5.41, 5.74) is -0.847. The Bertz CT molecular complexity index is 702. The number of hydrogen-bond donors (Lipinski definition) is 1. The lowest BCUT2D eigenvalue weighted by atomic mass is 9.74. The van der Waals surface area contributed by atoms with Gasteiger partial charge in [0.1, 0.15) is 11.4 Å². The van der Waals surface area contributed by atoms with Crippen molar-refractivity contribution < 1.29 is 23.2 Å². The van der Waals surface area contributed by atoms with E-state index in [0.29, 0.717) is 12.0 Å². The topological polar surface area (TPSA) is 56.8 Å². The number of halogens is 2. The number of nitrogens with one attached hydrogen (secondary N) is 1. The number of carbonyl (C=O) groups is 1. The van der Waals surface area contributed by atoms with E-state index in [0.717, 1.165) is 0 Å². The van der Waals surface area contributed by atoms with Crippen LogP contribution in [0.4, 0.5) is 9.18 Å². The largest absolute Gasteiger partial charge is 0.498 e. The van der Waals surface area contributed by atoms with E-state index in [1.54, 1.807) is 26.8 Å². The molecule has 1 saturated heterocycles. The predicted molar refractivity (Wildman–Crippen MR) is 105 cm³/mol. The maximum Gasteiger partial charge on any atom is 0.498 e. The number of carbonyl (C=O) groups excluding carboxylic acids is 1. The molecule has 0 unspecified atom stereocenters. The third-order valence-corrected chi connectivity index (χ3v) is 5.07. The Kier molecular flexibility index (Phi) is 6.19. The molecule has 0 radical (unpaired) electrons. The van der Waals surface area contributed by atoms with E-state index in [4.69, 9.17) is 25.6 Å². The summed E-state index contributed by atoms with van der Waals surface area (Å²) in [7, 11) is -0.870. The second-order valence-corrected chi connectivity index (χ2v) is 9.11. The summed E-state index contributed by atoms with van der Waals surface area (Å²) < 4.78 is 32.0. The van der Waals surface area contributed by atoms with Crippen molar-refractivity contribution in [2.75, 3.05) is 6.54 Å². The van der Waals surface area contributed by atoms with E-state index >= 15 is 0 Å². The van der Waals surface area contributed by atoms with Gasteiger partial charge in [0.2, 0.25) is 0 Å². The van der Waals surface area contributed by atoms with Gasteiger partial charge in [-0.1, -0.05) is 17.7 Å². The van der Waals surface area contributed by atoms with Gasteiger partial charge in [-0.15, -0.1) is 0 Å². The molecular weight excluding hydrogens is 371 g/mol. The summed E-state index contributed by atoms with van der Waals surface area (Å²) >= 11 is 5.99. The molecule has 27 heavy (non-hydrogen) atoms. The highest BCUT2D eigenvalue weighted by atomic mass is 35.5. The van der Waals surface area contributed by atoms with E-state index < -0.39 is 35.8 Å². The Hall–Kier alpha value is -1.31. The van der Waals surface area contributed by atoms with Crippen molar-refractivity contribution in [1.29, 1.82) is 0 Å². The van der Waals surface area contributed by atoms with Crippen LogP contribution in [-0.4, -0.2) is 36.6 Å². The first-order chi connectivity index (χ1) is 12.2. The minimum absolute atomic E-state index is 0.00330. The molecule has 5 nitrogen and oxygen atoms in total. The fourth-order valence-corrected chi connectivity index (χ4v) is 2.82. The molecule has 0 aliphatic carbocycles. The lowest BCUT2D eigenvalue weighted by Gasteiger charge is -2.32. The quantitative estimate of drug-likeness (QED) is 0.782. The molecule has 1 fully saturated rings. The molecule has 0 spiro atoms.